The van der Waals surface area contributed by atoms with Crippen LogP contribution in [-0.4, -0.2) is 14.2 Å². The summed E-state index contributed by atoms with van der Waals surface area (Å²) in [5.41, 5.74) is 2.98. The lowest BCUT2D eigenvalue weighted by Gasteiger charge is -2.03. The molecule has 230 valence electrons. The highest BCUT2D eigenvalue weighted by Gasteiger charge is 2.21. The Balaban J connectivity index is 1.51. The van der Waals surface area contributed by atoms with Gasteiger partial charge < -0.3 is 9.47 Å². The molecular weight excluding hydrogens is 625 g/mol. The smallest absolute Gasteiger partial charge is 0.138 e. The number of rotatable bonds is 16. The van der Waals surface area contributed by atoms with Crippen molar-refractivity contribution >= 4 is 56.7 Å². The summed E-state index contributed by atoms with van der Waals surface area (Å²) in [6.07, 6.45) is 12.5. The number of thiophene rings is 5. The molecule has 0 aromatic carbocycles. The van der Waals surface area contributed by atoms with E-state index in [0.29, 0.717) is 0 Å². The normalized spacial score (nSPS) is 11.5. The number of ether oxygens (including phenoxy) is 2. The molecule has 0 amide bonds. The average molecular weight is 669 g/mol. The van der Waals surface area contributed by atoms with Gasteiger partial charge in [0.05, 0.1) is 24.0 Å². The second-order valence-corrected chi connectivity index (χ2v) is 16.9. The first kappa shape index (κ1) is 32.5. The van der Waals surface area contributed by atoms with Gasteiger partial charge in [-0.1, -0.05) is 52.4 Å². The fraction of sp³-hybridized carbons (Fsp3) is 0.444. The minimum atomic E-state index is 0.998. The van der Waals surface area contributed by atoms with Gasteiger partial charge in [0.15, 0.2) is 0 Å². The summed E-state index contributed by atoms with van der Waals surface area (Å²) in [5.74, 6) is 2.00. The molecule has 2 nitrogen and oxygen atoms in total. The lowest BCUT2D eigenvalue weighted by Crippen LogP contribution is -1.85. The topological polar surface area (TPSA) is 18.5 Å². The van der Waals surface area contributed by atoms with Crippen LogP contribution in [0.4, 0.5) is 0 Å². The van der Waals surface area contributed by atoms with Crippen LogP contribution >= 0.6 is 56.7 Å². The summed E-state index contributed by atoms with van der Waals surface area (Å²) in [6, 6.07) is 14.0. The van der Waals surface area contributed by atoms with Crippen LogP contribution < -0.4 is 9.47 Å². The molecule has 0 saturated carbocycles. The molecule has 0 bridgehead atoms. The molecule has 5 aromatic rings. The molecule has 5 aromatic heterocycles. The van der Waals surface area contributed by atoms with E-state index in [9.17, 15) is 0 Å². The third-order valence-electron chi connectivity index (χ3n) is 7.80. The molecular formula is C36H44O2S5. The van der Waals surface area contributed by atoms with Crippen molar-refractivity contribution in [2.45, 2.75) is 91.9 Å². The molecule has 5 heterocycles. The van der Waals surface area contributed by atoms with Crippen molar-refractivity contribution in [2.75, 3.05) is 14.2 Å². The van der Waals surface area contributed by atoms with Crippen LogP contribution in [0.25, 0.3) is 39.0 Å². The predicted octanol–water partition coefficient (Wildman–Crippen LogP) is 13.5. The lowest BCUT2D eigenvalue weighted by atomic mass is 10.1. The molecule has 0 unspecified atom stereocenters. The van der Waals surface area contributed by atoms with Gasteiger partial charge in [-0.15, -0.1) is 56.7 Å². The van der Waals surface area contributed by atoms with Crippen LogP contribution in [0.3, 0.4) is 0 Å². The maximum atomic E-state index is 5.78. The van der Waals surface area contributed by atoms with Gasteiger partial charge in [-0.3, -0.25) is 0 Å². The van der Waals surface area contributed by atoms with Gasteiger partial charge in [-0.2, -0.15) is 0 Å². The van der Waals surface area contributed by atoms with E-state index in [-0.39, 0.29) is 0 Å². The minimum Gasteiger partial charge on any atom is -0.495 e. The van der Waals surface area contributed by atoms with Gasteiger partial charge in [0.2, 0.25) is 0 Å². The number of methoxy groups -OCH3 is 2. The van der Waals surface area contributed by atoms with Crippen molar-refractivity contribution in [3.63, 3.8) is 0 Å². The summed E-state index contributed by atoms with van der Waals surface area (Å²) >= 11 is 9.54. The van der Waals surface area contributed by atoms with E-state index in [1.807, 2.05) is 56.7 Å². The highest BCUT2D eigenvalue weighted by molar-refractivity contribution is 7.30. The van der Waals surface area contributed by atoms with Crippen LogP contribution in [0, 0.1) is 13.8 Å². The van der Waals surface area contributed by atoms with Crippen LogP contribution in [0.15, 0.2) is 36.4 Å². The standard InChI is InChI=1S/C36H44O2S5/c1-7-9-11-13-15-25-21-31(35-27(37-5)19-23(3)39-35)42-33(25)29-17-18-30(41-29)34-26(16-14-12-10-8-2)22-32(43-34)36-28(38-6)20-24(4)40-36/h17-22H,7-16H2,1-6H3. The molecule has 0 aliphatic heterocycles. The second-order valence-electron chi connectivity index (χ2n) is 11.2. The summed E-state index contributed by atoms with van der Waals surface area (Å²) in [7, 11) is 3.58. The van der Waals surface area contributed by atoms with E-state index in [0.717, 1.165) is 24.3 Å². The summed E-state index contributed by atoms with van der Waals surface area (Å²) in [5, 5.41) is 0. The Morgan fingerprint density at radius 1 is 0.488 bits per heavy atom. The quantitative estimate of drug-likeness (QED) is 0.0974. The molecule has 0 aliphatic carbocycles. The van der Waals surface area contributed by atoms with Crippen molar-refractivity contribution in [2.24, 2.45) is 0 Å². The number of hydrogen-bond donors (Lipinski definition) is 0. The van der Waals surface area contributed by atoms with Crippen molar-refractivity contribution < 1.29 is 9.47 Å². The molecule has 7 heteroatoms. The molecule has 43 heavy (non-hydrogen) atoms. The van der Waals surface area contributed by atoms with E-state index >= 15 is 0 Å². The Morgan fingerprint density at radius 3 is 1.33 bits per heavy atom. The first-order chi connectivity index (χ1) is 20.9. The number of unbranched alkanes of at least 4 members (excludes halogenated alkanes) is 6. The Morgan fingerprint density at radius 2 is 0.930 bits per heavy atom. The molecule has 5 rings (SSSR count). The van der Waals surface area contributed by atoms with Crippen LogP contribution in [0.5, 0.6) is 11.5 Å². The molecule has 0 fully saturated rings. The lowest BCUT2D eigenvalue weighted by molar-refractivity contribution is 0.418. The van der Waals surface area contributed by atoms with E-state index in [2.05, 4.69) is 64.1 Å². The molecule has 0 radical (unpaired) electrons. The van der Waals surface area contributed by atoms with Gasteiger partial charge in [0.25, 0.3) is 0 Å². The summed E-state index contributed by atoms with van der Waals surface area (Å²) < 4.78 is 11.6. The van der Waals surface area contributed by atoms with Gasteiger partial charge in [0, 0.05) is 39.0 Å². The molecule has 0 spiro atoms. The highest BCUT2D eigenvalue weighted by atomic mass is 32.1. The monoisotopic (exact) mass is 668 g/mol. The van der Waals surface area contributed by atoms with Crippen molar-refractivity contribution in [3.8, 4) is 50.5 Å². The van der Waals surface area contributed by atoms with Crippen molar-refractivity contribution in [1.29, 1.82) is 0 Å². The SMILES string of the molecule is CCCCCCc1cc(-c2sc(C)cc2OC)sc1-c1ccc(-c2sc(-c3sc(C)cc3OC)cc2CCCCCC)s1. The Bertz CT molecular complexity index is 1490. The van der Waals surface area contributed by atoms with E-state index in [1.54, 1.807) is 14.2 Å². The Hall–Kier alpha value is -1.90. The zero-order chi connectivity index (χ0) is 30.3. The van der Waals surface area contributed by atoms with Crippen LogP contribution in [-0.2, 0) is 12.8 Å². The zero-order valence-electron chi connectivity index (χ0n) is 26.4. The summed E-state index contributed by atoms with van der Waals surface area (Å²) in [6.45, 7) is 8.92. The molecule has 0 saturated heterocycles. The minimum absolute atomic E-state index is 0.998. The van der Waals surface area contributed by atoms with E-state index < -0.39 is 0 Å². The molecule has 0 aliphatic rings. The van der Waals surface area contributed by atoms with Crippen molar-refractivity contribution in [1.82, 2.24) is 0 Å². The Kier molecular flexibility index (Phi) is 11.6. The zero-order valence-corrected chi connectivity index (χ0v) is 30.5. The van der Waals surface area contributed by atoms with Gasteiger partial charge >= 0.3 is 0 Å². The van der Waals surface area contributed by atoms with Gasteiger partial charge in [-0.05, 0) is 87.1 Å². The first-order valence-corrected chi connectivity index (χ1v) is 19.7. The summed E-state index contributed by atoms with van der Waals surface area (Å²) in [4.78, 5) is 13.4. The van der Waals surface area contributed by atoms with E-state index in [4.69, 9.17) is 9.47 Å². The Labute approximate surface area is 278 Å². The fourth-order valence-electron chi connectivity index (χ4n) is 5.56. The third kappa shape index (κ3) is 7.67. The third-order valence-corrected chi connectivity index (χ3v) is 14.0. The van der Waals surface area contributed by atoms with Crippen LogP contribution in [0.1, 0.15) is 86.1 Å². The average Bonchev–Trinajstić information content (AvgIpc) is 3.82. The van der Waals surface area contributed by atoms with Crippen molar-refractivity contribution in [3.05, 3.63) is 57.3 Å². The van der Waals surface area contributed by atoms with Crippen LogP contribution in [0.2, 0.25) is 0 Å². The highest BCUT2D eigenvalue weighted by Crippen LogP contribution is 2.50. The number of hydrogen-bond acceptors (Lipinski definition) is 7. The first-order valence-electron chi connectivity index (χ1n) is 15.6. The van der Waals surface area contributed by atoms with Gasteiger partial charge in [0.1, 0.15) is 11.5 Å². The fourth-order valence-corrected chi connectivity index (χ4v) is 11.5. The molecule has 0 N–H and O–H groups in total. The number of aryl methyl sites for hydroxylation is 4. The maximum Gasteiger partial charge on any atom is 0.138 e. The largest absolute Gasteiger partial charge is 0.495 e. The van der Waals surface area contributed by atoms with E-state index in [1.165, 1.54) is 111 Å². The maximum absolute atomic E-state index is 5.78. The van der Waals surface area contributed by atoms with Gasteiger partial charge in [-0.25, -0.2) is 0 Å². The second kappa shape index (κ2) is 15.4. The molecule has 0 atom stereocenters. The predicted molar refractivity (Wildman–Crippen MR) is 196 cm³/mol.